The molecule has 0 heterocycles. The van der Waals surface area contributed by atoms with E-state index in [9.17, 15) is 4.79 Å². The number of likely N-dealkylation sites (N-methyl/N-ethyl adjacent to an activating group) is 1. The summed E-state index contributed by atoms with van der Waals surface area (Å²) >= 11 is 3.59. The lowest BCUT2D eigenvalue weighted by molar-refractivity contribution is -0.123. The van der Waals surface area contributed by atoms with Crippen molar-refractivity contribution in [3.8, 4) is 0 Å². The molecule has 0 saturated heterocycles. The fourth-order valence-electron chi connectivity index (χ4n) is 2.43. The number of hydrogen-bond acceptors (Lipinski definition) is 3. The van der Waals surface area contributed by atoms with Crippen molar-refractivity contribution in [2.24, 2.45) is 5.73 Å². The lowest BCUT2D eigenvalue weighted by Gasteiger charge is -2.33. The summed E-state index contributed by atoms with van der Waals surface area (Å²) in [6, 6.07) is 8.16. The summed E-state index contributed by atoms with van der Waals surface area (Å²) in [6.45, 7) is 6.32. The van der Waals surface area contributed by atoms with Gasteiger partial charge in [-0.25, -0.2) is 0 Å². The van der Waals surface area contributed by atoms with Crippen LogP contribution in [0, 0.1) is 0 Å². The zero-order chi connectivity index (χ0) is 16.0. The Bertz CT molecular complexity index is 465. The van der Waals surface area contributed by atoms with Gasteiger partial charge in [-0.1, -0.05) is 41.1 Å². The molecule has 5 heteroatoms. The molecule has 0 aromatic heterocycles. The minimum Gasteiger partial charge on any atom is -0.353 e. The topological polar surface area (TPSA) is 58.4 Å². The summed E-state index contributed by atoms with van der Waals surface area (Å²) in [5.41, 5.74) is 7.42. The van der Waals surface area contributed by atoms with Crippen LogP contribution in [0.3, 0.4) is 0 Å². The summed E-state index contributed by atoms with van der Waals surface area (Å²) in [5, 5.41) is 2.92. The molecule has 0 saturated carbocycles. The summed E-state index contributed by atoms with van der Waals surface area (Å²) in [5.74, 6) is 0.0212. The highest BCUT2D eigenvalue weighted by Gasteiger charge is 2.26. The number of nitrogens with one attached hydrogen (secondary N) is 1. The maximum Gasteiger partial charge on any atom is 0.234 e. The first kappa shape index (κ1) is 18.1. The number of halogens is 1. The predicted molar refractivity (Wildman–Crippen MR) is 91.1 cm³/mol. The largest absolute Gasteiger partial charge is 0.353 e. The fraction of sp³-hybridized carbons (Fsp3) is 0.562. The van der Waals surface area contributed by atoms with Crippen LogP contribution < -0.4 is 11.1 Å². The van der Waals surface area contributed by atoms with Crippen molar-refractivity contribution in [3.63, 3.8) is 0 Å². The smallest absolute Gasteiger partial charge is 0.234 e. The molecule has 2 unspecified atom stereocenters. The number of hydrogen-bond donors (Lipinski definition) is 2. The lowest BCUT2D eigenvalue weighted by atomic mass is 9.96. The van der Waals surface area contributed by atoms with Crippen molar-refractivity contribution < 1.29 is 4.79 Å². The molecule has 3 N–H and O–H groups in total. The third-order valence-electron chi connectivity index (χ3n) is 3.42. The SMILES string of the molecule is CCC(N)C(c1ccccc1Br)N(C)CC(=O)NC(C)C. The Kier molecular flexibility index (Phi) is 7.35. The van der Waals surface area contributed by atoms with Crippen LogP contribution in [0.15, 0.2) is 28.7 Å². The zero-order valence-corrected chi connectivity index (χ0v) is 14.9. The van der Waals surface area contributed by atoms with Crippen molar-refractivity contribution in [2.75, 3.05) is 13.6 Å². The number of carbonyl (C=O) groups is 1. The molecule has 0 bridgehead atoms. The number of amides is 1. The van der Waals surface area contributed by atoms with Gasteiger partial charge in [0.15, 0.2) is 0 Å². The van der Waals surface area contributed by atoms with Crippen molar-refractivity contribution in [1.82, 2.24) is 10.2 Å². The second-order valence-corrected chi connectivity index (χ2v) is 6.53. The van der Waals surface area contributed by atoms with E-state index in [0.717, 1.165) is 16.5 Å². The number of nitrogens with two attached hydrogens (primary N) is 1. The predicted octanol–water partition coefficient (Wildman–Crippen LogP) is 2.68. The zero-order valence-electron chi connectivity index (χ0n) is 13.3. The van der Waals surface area contributed by atoms with Crippen molar-refractivity contribution in [2.45, 2.75) is 45.3 Å². The Morgan fingerprint density at radius 1 is 1.38 bits per heavy atom. The molecule has 1 rings (SSSR count). The normalized spacial score (nSPS) is 14.3. The number of nitrogens with zero attached hydrogens (tertiary/aromatic N) is 1. The molecule has 0 spiro atoms. The molecule has 0 radical (unpaired) electrons. The highest BCUT2D eigenvalue weighted by Crippen LogP contribution is 2.29. The molecule has 1 amide bonds. The Labute approximate surface area is 136 Å². The van der Waals surface area contributed by atoms with Crippen LogP contribution in [0.25, 0.3) is 0 Å². The monoisotopic (exact) mass is 355 g/mol. The maximum absolute atomic E-state index is 12.0. The second kappa shape index (κ2) is 8.51. The third-order valence-corrected chi connectivity index (χ3v) is 4.14. The molecule has 2 atom stereocenters. The van der Waals surface area contributed by atoms with Crippen molar-refractivity contribution >= 4 is 21.8 Å². The first-order valence-electron chi connectivity index (χ1n) is 7.36. The Morgan fingerprint density at radius 3 is 2.52 bits per heavy atom. The van der Waals surface area contributed by atoms with Gasteiger partial charge >= 0.3 is 0 Å². The molecular weight excluding hydrogens is 330 g/mol. The minimum atomic E-state index is -0.0273. The highest BCUT2D eigenvalue weighted by molar-refractivity contribution is 9.10. The standard InChI is InChI=1S/C16H26BrN3O/c1-5-14(18)16(12-8-6-7-9-13(12)17)20(4)10-15(21)19-11(2)3/h6-9,11,14,16H,5,10,18H2,1-4H3,(H,19,21). The van der Waals surface area contributed by atoms with Gasteiger partial charge in [0.05, 0.1) is 12.6 Å². The van der Waals surface area contributed by atoms with E-state index in [-0.39, 0.29) is 24.0 Å². The highest BCUT2D eigenvalue weighted by atomic mass is 79.9. The lowest BCUT2D eigenvalue weighted by Crippen LogP contribution is -2.45. The molecule has 1 aromatic carbocycles. The number of rotatable bonds is 7. The first-order chi connectivity index (χ1) is 9.86. The Balaban J connectivity index is 2.93. The summed E-state index contributed by atoms with van der Waals surface area (Å²) in [6.07, 6.45) is 0.849. The molecule has 0 aliphatic rings. The van der Waals surface area contributed by atoms with E-state index < -0.39 is 0 Å². The van der Waals surface area contributed by atoms with Gasteiger partial charge in [0.25, 0.3) is 0 Å². The summed E-state index contributed by atoms with van der Waals surface area (Å²) < 4.78 is 1.02. The van der Waals surface area contributed by atoms with Crippen LogP contribution in [0.2, 0.25) is 0 Å². The molecule has 4 nitrogen and oxygen atoms in total. The van der Waals surface area contributed by atoms with Gasteiger partial charge in [0.2, 0.25) is 5.91 Å². The van der Waals surface area contributed by atoms with Gasteiger partial charge in [-0.2, -0.15) is 0 Å². The third kappa shape index (κ3) is 5.41. The van der Waals surface area contributed by atoms with Crippen LogP contribution in [0.4, 0.5) is 0 Å². The number of benzene rings is 1. The second-order valence-electron chi connectivity index (χ2n) is 5.68. The summed E-state index contributed by atoms with van der Waals surface area (Å²) in [7, 11) is 1.94. The van der Waals surface area contributed by atoms with E-state index in [4.69, 9.17) is 5.73 Å². The fourth-order valence-corrected chi connectivity index (χ4v) is 2.94. The van der Waals surface area contributed by atoms with E-state index in [1.54, 1.807) is 0 Å². The van der Waals surface area contributed by atoms with E-state index in [2.05, 4.69) is 34.2 Å². The Morgan fingerprint density at radius 2 is 2.00 bits per heavy atom. The van der Waals surface area contributed by atoms with Gasteiger partial charge in [-0.05, 0) is 38.9 Å². The average Bonchev–Trinajstić information content (AvgIpc) is 2.39. The Hall–Kier alpha value is -0.910. The van der Waals surface area contributed by atoms with Crippen LogP contribution in [-0.2, 0) is 4.79 Å². The van der Waals surface area contributed by atoms with Gasteiger partial charge in [0, 0.05) is 16.6 Å². The quantitative estimate of drug-likeness (QED) is 0.790. The van der Waals surface area contributed by atoms with E-state index in [1.165, 1.54) is 0 Å². The molecule has 21 heavy (non-hydrogen) atoms. The maximum atomic E-state index is 12.0. The van der Waals surface area contributed by atoms with Gasteiger partial charge in [-0.15, -0.1) is 0 Å². The molecule has 0 fully saturated rings. The molecule has 118 valence electrons. The molecular formula is C16H26BrN3O. The molecule has 0 aliphatic heterocycles. The van der Waals surface area contributed by atoms with Crippen molar-refractivity contribution in [1.29, 1.82) is 0 Å². The average molecular weight is 356 g/mol. The van der Waals surface area contributed by atoms with E-state index >= 15 is 0 Å². The van der Waals surface area contributed by atoms with Crippen molar-refractivity contribution in [3.05, 3.63) is 34.3 Å². The minimum absolute atomic E-state index is 0.00323. The first-order valence-corrected chi connectivity index (χ1v) is 8.15. The van der Waals surface area contributed by atoms with Crippen LogP contribution in [0.5, 0.6) is 0 Å². The number of carbonyl (C=O) groups excluding carboxylic acids is 1. The van der Waals surface area contributed by atoms with E-state index in [1.807, 2.05) is 44.0 Å². The van der Waals surface area contributed by atoms with E-state index in [0.29, 0.717) is 6.54 Å². The van der Waals surface area contributed by atoms with Crippen LogP contribution in [-0.4, -0.2) is 36.5 Å². The summed E-state index contributed by atoms with van der Waals surface area (Å²) in [4.78, 5) is 14.0. The van der Waals surface area contributed by atoms with Crippen LogP contribution >= 0.6 is 15.9 Å². The molecule has 0 aliphatic carbocycles. The van der Waals surface area contributed by atoms with Crippen LogP contribution in [0.1, 0.15) is 38.8 Å². The van der Waals surface area contributed by atoms with Gasteiger partial charge in [-0.3, -0.25) is 9.69 Å². The van der Waals surface area contributed by atoms with Gasteiger partial charge < -0.3 is 11.1 Å². The van der Waals surface area contributed by atoms with Gasteiger partial charge in [0.1, 0.15) is 0 Å². The molecule has 1 aromatic rings.